The summed E-state index contributed by atoms with van der Waals surface area (Å²) in [5.41, 5.74) is -0.732. The highest BCUT2D eigenvalue weighted by Gasteiger charge is 2.53. The van der Waals surface area contributed by atoms with Crippen molar-refractivity contribution in [3.63, 3.8) is 0 Å². The Balaban J connectivity index is 2.18. The molecule has 1 amide bonds. The topological polar surface area (TPSA) is 66.4 Å². The van der Waals surface area contributed by atoms with Gasteiger partial charge in [0.25, 0.3) is 0 Å². The summed E-state index contributed by atoms with van der Waals surface area (Å²) in [6.07, 6.45) is 3.92. The second-order valence-electron chi connectivity index (χ2n) is 4.30. The average Bonchev–Trinajstić information content (AvgIpc) is 2.05. The molecule has 1 aliphatic heterocycles. The number of piperidine rings is 1. The molecule has 14 heavy (non-hydrogen) atoms. The SMILES string of the molecule is O=C1NCCCC1C1(C(=O)O)CCC1. The lowest BCUT2D eigenvalue weighted by Gasteiger charge is -2.44. The standard InChI is InChI=1S/C10H15NO3/c12-8-7(3-1-6-11-8)10(9(13)14)4-2-5-10/h7H,1-6H2,(H,11,12)(H,13,14). The second-order valence-corrected chi connectivity index (χ2v) is 4.30. The van der Waals surface area contributed by atoms with E-state index in [1.165, 1.54) is 0 Å². The summed E-state index contributed by atoms with van der Waals surface area (Å²) in [5.74, 6) is -1.13. The molecule has 2 fully saturated rings. The van der Waals surface area contributed by atoms with Gasteiger partial charge in [0.2, 0.25) is 5.91 Å². The highest BCUT2D eigenvalue weighted by molar-refractivity contribution is 5.88. The third-order valence-corrected chi connectivity index (χ3v) is 3.62. The minimum Gasteiger partial charge on any atom is -0.481 e. The van der Waals surface area contributed by atoms with Gasteiger partial charge in [-0.05, 0) is 25.7 Å². The van der Waals surface area contributed by atoms with E-state index in [4.69, 9.17) is 0 Å². The van der Waals surface area contributed by atoms with E-state index in [1.807, 2.05) is 0 Å². The van der Waals surface area contributed by atoms with Gasteiger partial charge in [0.15, 0.2) is 0 Å². The van der Waals surface area contributed by atoms with E-state index in [-0.39, 0.29) is 11.8 Å². The van der Waals surface area contributed by atoms with Gasteiger partial charge in [0.1, 0.15) is 0 Å². The lowest BCUT2D eigenvalue weighted by molar-refractivity contribution is -0.165. The van der Waals surface area contributed by atoms with Crippen LogP contribution in [0.2, 0.25) is 0 Å². The second kappa shape index (κ2) is 3.26. The lowest BCUT2D eigenvalue weighted by Crippen LogP contribution is -2.52. The van der Waals surface area contributed by atoms with Crippen LogP contribution in [0.15, 0.2) is 0 Å². The number of carboxylic acids is 1. The van der Waals surface area contributed by atoms with Crippen molar-refractivity contribution in [2.45, 2.75) is 32.1 Å². The molecule has 0 radical (unpaired) electrons. The Bertz CT molecular complexity index is 271. The molecule has 4 nitrogen and oxygen atoms in total. The van der Waals surface area contributed by atoms with Gasteiger partial charge in [-0.2, -0.15) is 0 Å². The Kier molecular flexibility index (Phi) is 2.21. The van der Waals surface area contributed by atoms with Gasteiger partial charge >= 0.3 is 5.97 Å². The highest BCUT2D eigenvalue weighted by atomic mass is 16.4. The molecular weight excluding hydrogens is 182 g/mol. The number of aliphatic carboxylic acids is 1. The van der Waals surface area contributed by atoms with Gasteiger partial charge in [-0.3, -0.25) is 9.59 Å². The summed E-state index contributed by atoms with van der Waals surface area (Å²) in [4.78, 5) is 22.7. The summed E-state index contributed by atoms with van der Waals surface area (Å²) in [6.45, 7) is 0.699. The smallest absolute Gasteiger partial charge is 0.310 e. The Morgan fingerprint density at radius 3 is 2.57 bits per heavy atom. The van der Waals surface area contributed by atoms with Crippen molar-refractivity contribution in [3.8, 4) is 0 Å². The molecule has 0 aromatic heterocycles. The van der Waals surface area contributed by atoms with E-state index >= 15 is 0 Å². The number of hydrogen-bond acceptors (Lipinski definition) is 2. The van der Waals surface area contributed by atoms with Crippen molar-refractivity contribution in [2.24, 2.45) is 11.3 Å². The van der Waals surface area contributed by atoms with E-state index in [0.717, 1.165) is 19.3 Å². The molecule has 0 spiro atoms. The van der Waals surface area contributed by atoms with Gasteiger partial charge in [0, 0.05) is 6.54 Å². The van der Waals surface area contributed by atoms with Crippen molar-refractivity contribution in [2.75, 3.05) is 6.54 Å². The van der Waals surface area contributed by atoms with Gasteiger partial charge in [-0.15, -0.1) is 0 Å². The zero-order valence-corrected chi connectivity index (χ0v) is 8.08. The van der Waals surface area contributed by atoms with E-state index in [1.54, 1.807) is 0 Å². The number of carbonyl (C=O) groups excluding carboxylic acids is 1. The number of rotatable bonds is 2. The number of carboxylic acid groups (broad SMARTS) is 1. The zero-order chi connectivity index (χ0) is 10.2. The molecule has 0 aromatic rings. The third-order valence-electron chi connectivity index (χ3n) is 3.62. The van der Waals surface area contributed by atoms with Crippen LogP contribution in [0.25, 0.3) is 0 Å². The molecule has 1 unspecified atom stereocenters. The van der Waals surface area contributed by atoms with Crippen LogP contribution in [0, 0.1) is 11.3 Å². The molecule has 2 N–H and O–H groups in total. The molecule has 2 aliphatic rings. The highest BCUT2D eigenvalue weighted by Crippen LogP contribution is 2.49. The molecular formula is C10H15NO3. The molecule has 1 heterocycles. The molecule has 1 aliphatic carbocycles. The van der Waals surface area contributed by atoms with Gasteiger partial charge in [0.05, 0.1) is 11.3 Å². The zero-order valence-electron chi connectivity index (χ0n) is 8.08. The fraction of sp³-hybridized carbons (Fsp3) is 0.800. The number of nitrogens with one attached hydrogen (secondary N) is 1. The van der Waals surface area contributed by atoms with Crippen molar-refractivity contribution in [1.29, 1.82) is 0 Å². The first kappa shape index (κ1) is 9.49. The summed E-state index contributed by atoms with van der Waals surface area (Å²) in [6, 6.07) is 0. The molecule has 4 heteroatoms. The van der Waals surface area contributed by atoms with Crippen molar-refractivity contribution in [1.82, 2.24) is 5.32 Å². The van der Waals surface area contributed by atoms with Crippen LogP contribution in [-0.2, 0) is 9.59 Å². The predicted octanol–water partition coefficient (Wildman–Crippen LogP) is 0.767. The molecule has 2 rings (SSSR count). The molecule has 0 aromatic carbocycles. The monoisotopic (exact) mass is 197 g/mol. The van der Waals surface area contributed by atoms with Crippen LogP contribution >= 0.6 is 0 Å². The average molecular weight is 197 g/mol. The Morgan fingerprint density at radius 1 is 1.43 bits per heavy atom. The molecule has 1 atom stereocenters. The Labute approximate surface area is 82.7 Å². The first-order valence-corrected chi connectivity index (χ1v) is 5.18. The summed E-state index contributed by atoms with van der Waals surface area (Å²) in [5, 5.41) is 11.9. The van der Waals surface area contributed by atoms with E-state index in [9.17, 15) is 14.7 Å². The van der Waals surface area contributed by atoms with Crippen molar-refractivity contribution < 1.29 is 14.7 Å². The van der Waals surface area contributed by atoms with Crippen molar-refractivity contribution in [3.05, 3.63) is 0 Å². The summed E-state index contributed by atoms with van der Waals surface area (Å²) in [7, 11) is 0. The number of hydrogen-bond donors (Lipinski definition) is 2. The maximum absolute atomic E-state index is 11.6. The molecule has 1 saturated carbocycles. The van der Waals surface area contributed by atoms with E-state index in [2.05, 4.69) is 5.32 Å². The third kappa shape index (κ3) is 1.21. The largest absolute Gasteiger partial charge is 0.481 e. The van der Waals surface area contributed by atoms with Gasteiger partial charge < -0.3 is 10.4 Å². The quantitative estimate of drug-likeness (QED) is 0.687. The summed E-state index contributed by atoms with van der Waals surface area (Å²) < 4.78 is 0. The first-order chi connectivity index (χ1) is 6.67. The lowest BCUT2D eigenvalue weighted by atomic mass is 9.59. The van der Waals surface area contributed by atoms with Crippen LogP contribution in [0.3, 0.4) is 0 Å². The molecule has 1 saturated heterocycles. The Hall–Kier alpha value is -1.06. The van der Waals surface area contributed by atoms with E-state index in [0.29, 0.717) is 19.4 Å². The summed E-state index contributed by atoms with van der Waals surface area (Å²) >= 11 is 0. The van der Waals surface area contributed by atoms with Crippen molar-refractivity contribution >= 4 is 11.9 Å². The molecule has 0 bridgehead atoms. The Morgan fingerprint density at radius 2 is 2.14 bits per heavy atom. The number of carbonyl (C=O) groups is 2. The maximum Gasteiger partial charge on any atom is 0.310 e. The fourth-order valence-electron chi connectivity index (χ4n) is 2.57. The van der Waals surface area contributed by atoms with Crippen LogP contribution in [0.4, 0.5) is 0 Å². The maximum atomic E-state index is 11.6. The minimum atomic E-state index is -0.786. The number of amides is 1. The van der Waals surface area contributed by atoms with Gasteiger partial charge in [-0.1, -0.05) is 6.42 Å². The van der Waals surface area contributed by atoms with Crippen LogP contribution in [0.5, 0.6) is 0 Å². The minimum absolute atomic E-state index is 0.0571. The van der Waals surface area contributed by atoms with Crippen LogP contribution in [-0.4, -0.2) is 23.5 Å². The van der Waals surface area contributed by atoms with Gasteiger partial charge in [-0.25, -0.2) is 0 Å². The van der Waals surface area contributed by atoms with E-state index < -0.39 is 11.4 Å². The van der Waals surface area contributed by atoms with Crippen LogP contribution in [0.1, 0.15) is 32.1 Å². The fourth-order valence-corrected chi connectivity index (χ4v) is 2.57. The molecule has 78 valence electrons. The normalized spacial score (nSPS) is 30.3. The van der Waals surface area contributed by atoms with Crippen LogP contribution < -0.4 is 5.32 Å². The predicted molar refractivity (Wildman–Crippen MR) is 49.7 cm³/mol. The first-order valence-electron chi connectivity index (χ1n) is 5.18.